The lowest BCUT2D eigenvalue weighted by molar-refractivity contribution is 0.0372. The van der Waals surface area contributed by atoms with Gasteiger partial charge in [-0.25, -0.2) is 9.18 Å². The van der Waals surface area contributed by atoms with E-state index in [-0.39, 0.29) is 16.1 Å². The van der Waals surface area contributed by atoms with Gasteiger partial charge in [-0.2, -0.15) is 0 Å². The minimum absolute atomic E-state index is 0.0481. The number of ether oxygens (including phenoxy) is 1. The lowest BCUT2D eigenvalue weighted by atomic mass is 10.2. The molecule has 0 bridgehead atoms. The highest BCUT2D eigenvalue weighted by Gasteiger charge is 2.15. The Bertz CT molecular complexity index is 350. The van der Waals surface area contributed by atoms with Crippen molar-refractivity contribution in [1.82, 2.24) is 0 Å². The predicted molar refractivity (Wildman–Crippen MR) is 54.7 cm³/mol. The summed E-state index contributed by atoms with van der Waals surface area (Å²) in [4.78, 5) is 11.3. The number of esters is 1. The van der Waals surface area contributed by atoms with Crippen molar-refractivity contribution in [2.75, 3.05) is 0 Å². The summed E-state index contributed by atoms with van der Waals surface area (Å²) in [6.07, 6.45) is -0.249. The Kier molecular flexibility index (Phi) is 3.63. The highest BCUT2D eigenvalue weighted by atomic mass is 79.9. The quantitative estimate of drug-likeness (QED) is 0.764. The Hall–Kier alpha value is -0.900. The van der Waals surface area contributed by atoms with Crippen LogP contribution in [0.1, 0.15) is 24.2 Å². The summed E-state index contributed by atoms with van der Waals surface area (Å²) in [6, 6.07) is 4.51. The summed E-state index contributed by atoms with van der Waals surface area (Å²) in [7, 11) is 0. The Morgan fingerprint density at radius 2 is 2.14 bits per heavy atom. The van der Waals surface area contributed by atoms with Gasteiger partial charge in [0.25, 0.3) is 0 Å². The normalized spacial score (nSPS) is 10.4. The van der Waals surface area contributed by atoms with Gasteiger partial charge in [0.2, 0.25) is 0 Å². The summed E-state index contributed by atoms with van der Waals surface area (Å²) >= 11 is 3.00. The van der Waals surface area contributed by atoms with Crippen molar-refractivity contribution in [3.8, 4) is 0 Å². The van der Waals surface area contributed by atoms with Gasteiger partial charge >= 0.3 is 5.97 Å². The Morgan fingerprint density at radius 3 is 2.71 bits per heavy atom. The molecule has 0 unspecified atom stereocenters. The second kappa shape index (κ2) is 4.55. The molecule has 0 N–H and O–H groups in total. The number of carbonyl (C=O) groups is 1. The van der Waals surface area contributed by atoms with Crippen molar-refractivity contribution in [2.45, 2.75) is 20.0 Å². The van der Waals surface area contributed by atoms with E-state index in [0.29, 0.717) is 0 Å². The molecule has 2 nitrogen and oxygen atoms in total. The first-order chi connectivity index (χ1) is 6.52. The molecule has 0 radical (unpaired) electrons. The topological polar surface area (TPSA) is 26.3 Å². The first-order valence-electron chi connectivity index (χ1n) is 4.17. The molecular formula is C10H10BrFO2. The molecule has 0 atom stereocenters. The zero-order valence-corrected chi connectivity index (χ0v) is 9.47. The van der Waals surface area contributed by atoms with Gasteiger partial charge < -0.3 is 4.74 Å². The van der Waals surface area contributed by atoms with Gasteiger partial charge in [-0.15, -0.1) is 0 Å². The van der Waals surface area contributed by atoms with Crippen LogP contribution in [0.3, 0.4) is 0 Å². The fourth-order valence-electron chi connectivity index (χ4n) is 0.939. The Labute approximate surface area is 90.2 Å². The van der Waals surface area contributed by atoms with Gasteiger partial charge in [-0.3, -0.25) is 0 Å². The highest BCUT2D eigenvalue weighted by molar-refractivity contribution is 9.10. The molecule has 1 aromatic carbocycles. The summed E-state index contributed by atoms with van der Waals surface area (Å²) in [5.41, 5.74) is -0.0481. The zero-order valence-electron chi connectivity index (χ0n) is 7.88. The number of rotatable bonds is 2. The van der Waals surface area contributed by atoms with E-state index < -0.39 is 11.8 Å². The van der Waals surface area contributed by atoms with Crippen LogP contribution in [-0.2, 0) is 4.74 Å². The molecule has 4 heteroatoms. The van der Waals surface area contributed by atoms with Gasteiger partial charge in [-0.05, 0) is 41.9 Å². The van der Waals surface area contributed by atoms with Gasteiger partial charge in [-0.1, -0.05) is 6.07 Å². The third kappa shape index (κ3) is 2.54. The lowest BCUT2D eigenvalue weighted by Crippen LogP contribution is -2.13. The molecule has 0 saturated heterocycles. The fourth-order valence-corrected chi connectivity index (χ4v) is 1.31. The lowest BCUT2D eigenvalue weighted by Gasteiger charge is -2.08. The summed E-state index contributed by atoms with van der Waals surface area (Å²) < 4.78 is 18.5. The zero-order chi connectivity index (χ0) is 10.7. The Morgan fingerprint density at radius 1 is 1.50 bits per heavy atom. The molecule has 0 spiro atoms. The number of hydrogen-bond acceptors (Lipinski definition) is 2. The first kappa shape index (κ1) is 11.2. The molecular weight excluding hydrogens is 251 g/mol. The molecule has 1 aromatic rings. The van der Waals surface area contributed by atoms with Crippen LogP contribution in [-0.4, -0.2) is 12.1 Å². The van der Waals surface area contributed by atoms with Crippen LogP contribution in [0.2, 0.25) is 0 Å². The van der Waals surface area contributed by atoms with Crippen molar-refractivity contribution >= 4 is 21.9 Å². The van der Waals surface area contributed by atoms with Crippen LogP contribution >= 0.6 is 15.9 Å². The van der Waals surface area contributed by atoms with Crippen molar-refractivity contribution in [3.05, 3.63) is 34.1 Å². The summed E-state index contributed by atoms with van der Waals surface area (Å²) in [6.45, 7) is 3.43. The standard InChI is InChI=1S/C10H10BrFO2/c1-6(2)14-10(13)7-4-3-5-8(11)9(7)12/h3-6H,1-2H3. The number of halogens is 2. The molecule has 0 aliphatic rings. The number of hydrogen-bond donors (Lipinski definition) is 0. The van der Waals surface area contributed by atoms with E-state index in [1.807, 2.05) is 0 Å². The van der Waals surface area contributed by atoms with Gasteiger partial charge in [0.15, 0.2) is 5.82 Å². The minimum atomic E-state index is -0.640. The van der Waals surface area contributed by atoms with E-state index >= 15 is 0 Å². The van der Waals surface area contributed by atoms with E-state index in [0.717, 1.165) is 0 Å². The van der Waals surface area contributed by atoms with Crippen molar-refractivity contribution < 1.29 is 13.9 Å². The van der Waals surface area contributed by atoms with E-state index in [1.165, 1.54) is 12.1 Å². The minimum Gasteiger partial charge on any atom is -0.459 e. The van der Waals surface area contributed by atoms with E-state index in [9.17, 15) is 9.18 Å². The third-order valence-electron chi connectivity index (χ3n) is 1.51. The SMILES string of the molecule is CC(C)OC(=O)c1cccc(Br)c1F. The molecule has 1 rings (SSSR count). The molecule has 14 heavy (non-hydrogen) atoms. The third-order valence-corrected chi connectivity index (χ3v) is 2.13. The smallest absolute Gasteiger partial charge is 0.341 e. The maximum atomic E-state index is 13.4. The van der Waals surface area contributed by atoms with E-state index in [4.69, 9.17) is 4.74 Å². The average molecular weight is 261 g/mol. The second-order valence-corrected chi connectivity index (χ2v) is 3.91. The molecule has 0 fully saturated rings. The molecule has 0 heterocycles. The summed E-state index contributed by atoms with van der Waals surface area (Å²) in [5.74, 6) is -1.23. The van der Waals surface area contributed by atoms with Crippen LogP contribution in [0.5, 0.6) is 0 Å². The predicted octanol–water partition coefficient (Wildman–Crippen LogP) is 3.15. The van der Waals surface area contributed by atoms with Gasteiger partial charge in [0.1, 0.15) is 0 Å². The molecule has 0 saturated carbocycles. The van der Waals surface area contributed by atoms with Crippen molar-refractivity contribution in [2.24, 2.45) is 0 Å². The van der Waals surface area contributed by atoms with Crippen LogP contribution in [0.4, 0.5) is 4.39 Å². The second-order valence-electron chi connectivity index (χ2n) is 3.06. The Balaban J connectivity index is 2.96. The average Bonchev–Trinajstić information content (AvgIpc) is 2.08. The highest BCUT2D eigenvalue weighted by Crippen LogP contribution is 2.19. The van der Waals surface area contributed by atoms with Crippen molar-refractivity contribution in [1.29, 1.82) is 0 Å². The molecule has 0 amide bonds. The van der Waals surface area contributed by atoms with Gasteiger partial charge in [0.05, 0.1) is 16.1 Å². The number of carbonyl (C=O) groups excluding carboxylic acids is 1. The molecule has 0 aliphatic heterocycles. The summed E-state index contributed by atoms with van der Waals surface area (Å²) in [5, 5.41) is 0. The largest absolute Gasteiger partial charge is 0.459 e. The van der Waals surface area contributed by atoms with E-state index in [1.54, 1.807) is 19.9 Å². The maximum Gasteiger partial charge on any atom is 0.341 e. The molecule has 0 aromatic heterocycles. The van der Waals surface area contributed by atoms with Crippen molar-refractivity contribution in [3.63, 3.8) is 0 Å². The van der Waals surface area contributed by atoms with Crippen LogP contribution < -0.4 is 0 Å². The fraction of sp³-hybridized carbons (Fsp3) is 0.300. The number of benzene rings is 1. The monoisotopic (exact) mass is 260 g/mol. The van der Waals surface area contributed by atoms with Crippen LogP contribution in [0.15, 0.2) is 22.7 Å². The maximum absolute atomic E-state index is 13.4. The molecule has 0 aliphatic carbocycles. The van der Waals surface area contributed by atoms with E-state index in [2.05, 4.69) is 15.9 Å². The molecule has 76 valence electrons. The first-order valence-corrected chi connectivity index (χ1v) is 4.96. The van der Waals surface area contributed by atoms with Gasteiger partial charge in [0, 0.05) is 0 Å². The van der Waals surface area contributed by atoms with Crippen LogP contribution in [0.25, 0.3) is 0 Å². The van der Waals surface area contributed by atoms with Crippen LogP contribution in [0, 0.1) is 5.82 Å².